The van der Waals surface area contributed by atoms with E-state index in [4.69, 9.17) is 0 Å². The predicted octanol–water partition coefficient (Wildman–Crippen LogP) is -1.15. The molecule has 0 spiro atoms. The van der Waals surface area contributed by atoms with E-state index >= 15 is 0 Å². The van der Waals surface area contributed by atoms with E-state index in [1.807, 2.05) is 4.90 Å². The van der Waals surface area contributed by atoms with Crippen LogP contribution in [0.15, 0.2) is 0 Å². The molecule has 13 heavy (non-hydrogen) atoms. The highest BCUT2D eigenvalue weighted by Gasteiger charge is 2.63. The molecule has 5 heteroatoms. The van der Waals surface area contributed by atoms with Gasteiger partial charge in [-0.3, -0.25) is 9.69 Å². The second-order valence-corrected chi connectivity index (χ2v) is 3.91. The van der Waals surface area contributed by atoms with Gasteiger partial charge in [-0.2, -0.15) is 0 Å². The second kappa shape index (κ2) is 2.04. The van der Waals surface area contributed by atoms with Crippen molar-refractivity contribution in [3.8, 4) is 0 Å². The third-order valence-corrected chi connectivity index (χ3v) is 3.27. The topological polar surface area (TPSA) is 52.4 Å². The van der Waals surface area contributed by atoms with Crippen LogP contribution in [0.3, 0.4) is 0 Å². The molecule has 3 unspecified atom stereocenters. The molecule has 3 heterocycles. The van der Waals surface area contributed by atoms with Crippen LogP contribution in [0, 0.1) is 5.92 Å². The molecule has 3 rings (SSSR count). The summed E-state index contributed by atoms with van der Waals surface area (Å²) in [5, 5.41) is 3.18. The minimum atomic E-state index is -0.125. The molecule has 70 valence electrons. The van der Waals surface area contributed by atoms with Gasteiger partial charge < -0.3 is 10.2 Å². The number of imide groups is 1. The molecular weight excluding hydrogens is 170 g/mol. The molecule has 1 N–H and O–H groups in total. The second-order valence-electron chi connectivity index (χ2n) is 3.91. The van der Waals surface area contributed by atoms with E-state index in [1.54, 1.807) is 7.05 Å². The maximum Gasteiger partial charge on any atom is 0.327 e. The summed E-state index contributed by atoms with van der Waals surface area (Å²) in [6.07, 6.45) is 0. The highest BCUT2D eigenvalue weighted by molar-refractivity contribution is 6.01. The van der Waals surface area contributed by atoms with Crippen LogP contribution in [0.4, 0.5) is 4.79 Å². The fourth-order valence-corrected chi connectivity index (χ4v) is 2.51. The molecule has 0 aromatic rings. The summed E-state index contributed by atoms with van der Waals surface area (Å²) in [6, 6.07) is 0.359. The first-order valence-electron chi connectivity index (χ1n) is 4.52. The van der Waals surface area contributed by atoms with Crippen LogP contribution in [-0.2, 0) is 4.79 Å². The molecule has 0 aromatic carbocycles. The average molecular weight is 181 g/mol. The number of carbonyl (C=O) groups is 2. The number of urea groups is 1. The zero-order valence-corrected chi connectivity index (χ0v) is 7.36. The number of carbonyl (C=O) groups excluding carboxylic acids is 2. The molecule has 5 nitrogen and oxygen atoms in total. The first kappa shape index (κ1) is 7.32. The highest BCUT2D eigenvalue weighted by Crippen LogP contribution is 2.41. The molecule has 3 aliphatic heterocycles. The number of nitrogens with zero attached hydrogens (tertiary/aromatic N) is 2. The monoisotopic (exact) mass is 181 g/mol. The van der Waals surface area contributed by atoms with Crippen molar-refractivity contribution in [2.45, 2.75) is 12.1 Å². The van der Waals surface area contributed by atoms with Gasteiger partial charge in [-0.15, -0.1) is 0 Å². The fraction of sp³-hybridized carbons (Fsp3) is 0.750. The molecule has 0 radical (unpaired) electrons. The Balaban J connectivity index is 1.98. The number of hydrogen-bond acceptors (Lipinski definition) is 3. The van der Waals surface area contributed by atoms with E-state index < -0.39 is 0 Å². The predicted molar refractivity (Wildman–Crippen MR) is 43.9 cm³/mol. The number of nitrogens with one attached hydrogen (secondary N) is 1. The van der Waals surface area contributed by atoms with Gasteiger partial charge in [0, 0.05) is 20.1 Å². The highest BCUT2D eigenvalue weighted by atomic mass is 16.2. The van der Waals surface area contributed by atoms with Gasteiger partial charge in [0.25, 0.3) is 0 Å². The van der Waals surface area contributed by atoms with Gasteiger partial charge in [0.15, 0.2) is 0 Å². The molecule has 0 aliphatic carbocycles. The lowest BCUT2D eigenvalue weighted by Gasteiger charge is -2.27. The Hall–Kier alpha value is -1.10. The maximum absolute atomic E-state index is 11.6. The summed E-state index contributed by atoms with van der Waals surface area (Å²) < 4.78 is 0. The smallest absolute Gasteiger partial charge is 0.314 e. The Bertz CT molecular complexity index is 304. The Morgan fingerprint density at radius 2 is 2.15 bits per heavy atom. The minimum Gasteiger partial charge on any atom is -0.314 e. The quantitative estimate of drug-likeness (QED) is 0.480. The first-order valence-corrected chi connectivity index (χ1v) is 4.52. The maximum atomic E-state index is 11.6. The normalized spacial score (nSPS) is 42.1. The van der Waals surface area contributed by atoms with Crippen LogP contribution in [0.2, 0.25) is 0 Å². The molecule has 0 bridgehead atoms. The Morgan fingerprint density at radius 1 is 1.38 bits per heavy atom. The Labute approximate surface area is 75.7 Å². The van der Waals surface area contributed by atoms with Crippen molar-refractivity contribution in [1.82, 2.24) is 15.1 Å². The standard InChI is InChI=1S/C8H11N3O2/c1-10-7(12)4-2-9-3-5-6(4)11(5)8(10)13/h4-6,9H,2-3H2,1H3. The third kappa shape index (κ3) is 0.709. The van der Waals surface area contributed by atoms with Gasteiger partial charge in [-0.25, -0.2) is 4.79 Å². The van der Waals surface area contributed by atoms with Gasteiger partial charge in [0.05, 0.1) is 18.0 Å². The SMILES string of the molecule is CN1C(=O)C2CNCC3C2N3C1=O. The number of rotatable bonds is 0. The lowest BCUT2D eigenvalue weighted by atomic mass is 9.97. The zero-order chi connectivity index (χ0) is 9.16. The Kier molecular flexibility index (Phi) is 1.15. The first-order chi connectivity index (χ1) is 6.22. The summed E-state index contributed by atoms with van der Waals surface area (Å²) in [4.78, 5) is 26.2. The number of piperidine rings is 1. The Morgan fingerprint density at radius 3 is 2.92 bits per heavy atom. The van der Waals surface area contributed by atoms with Gasteiger partial charge in [-0.05, 0) is 0 Å². The molecule has 0 saturated carbocycles. The van der Waals surface area contributed by atoms with Crippen molar-refractivity contribution in [1.29, 1.82) is 0 Å². The van der Waals surface area contributed by atoms with Crippen LogP contribution in [0.1, 0.15) is 0 Å². The van der Waals surface area contributed by atoms with Crippen LogP contribution in [0.25, 0.3) is 0 Å². The largest absolute Gasteiger partial charge is 0.327 e. The zero-order valence-electron chi connectivity index (χ0n) is 7.36. The third-order valence-electron chi connectivity index (χ3n) is 3.27. The molecule has 3 saturated heterocycles. The van der Waals surface area contributed by atoms with Crippen LogP contribution in [0.5, 0.6) is 0 Å². The number of amides is 3. The number of hydrogen-bond donors (Lipinski definition) is 1. The van der Waals surface area contributed by atoms with Crippen molar-refractivity contribution in [3.63, 3.8) is 0 Å². The summed E-state index contributed by atoms with van der Waals surface area (Å²) in [7, 11) is 1.56. The van der Waals surface area contributed by atoms with Crippen molar-refractivity contribution in [2.75, 3.05) is 20.1 Å². The van der Waals surface area contributed by atoms with Crippen molar-refractivity contribution < 1.29 is 9.59 Å². The molecule has 0 aromatic heterocycles. The lowest BCUT2D eigenvalue weighted by Crippen LogP contribution is -2.51. The fourth-order valence-electron chi connectivity index (χ4n) is 2.51. The number of fused-ring (bicyclic) bond motifs is 1. The molecule has 3 amide bonds. The summed E-state index contributed by atoms with van der Waals surface area (Å²) in [6.45, 7) is 1.56. The van der Waals surface area contributed by atoms with Crippen LogP contribution < -0.4 is 5.32 Å². The summed E-state index contributed by atoms with van der Waals surface area (Å²) in [5.41, 5.74) is 0. The minimum absolute atomic E-state index is 0.00134. The molecular formula is C8H11N3O2. The summed E-state index contributed by atoms with van der Waals surface area (Å²) in [5.74, 6) is -0.0256. The van der Waals surface area contributed by atoms with E-state index in [1.165, 1.54) is 4.90 Å². The van der Waals surface area contributed by atoms with Crippen molar-refractivity contribution in [3.05, 3.63) is 0 Å². The molecule has 3 aliphatic rings. The van der Waals surface area contributed by atoms with E-state index in [-0.39, 0.29) is 29.9 Å². The summed E-state index contributed by atoms with van der Waals surface area (Å²) >= 11 is 0. The van der Waals surface area contributed by atoms with Crippen molar-refractivity contribution >= 4 is 11.9 Å². The van der Waals surface area contributed by atoms with Gasteiger partial charge in [-0.1, -0.05) is 0 Å². The van der Waals surface area contributed by atoms with Gasteiger partial charge in [0.1, 0.15) is 0 Å². The molecule has 3 fully saturated rings. The van der Waals surface area contributed by atoms with Crippen LogP contribution >= 0.6 is 0 Å². The van der Waals surface area contributed by atoms with E-state index in [0.29, 0.717) is 6.54 Å². The van der Waals surface area contributed by atoms with E-state index in [2.05, 4.69) is 5.32 Å². The van der Waals surface area contributed by atoms with Crippen molar-refractivity contribution in [2.24, 2.45) is 5.92 Å². The van der Waals surface area contributed by atoms with E-state index in [0.717, 1.165) is 6.54 Å². The van der Waals surface area contributed by atoms with Gasteiger partial charge >= 0.3 is 6.03 Å². The van der Waals surface area contributed by atoms with E-state index in [9.17, 15) is 9.59 Å². The lowest BCUT2D eigenvalue weighted by molar-refractivity contribution is -0.133. The average Bonchev–Trinajstić information content (AvgIpc) is 2.86. The van der Waals surface area contributed by atoms with Gasteiger partial charge in [0.2, 0.25) is 5.91 Å². The van der Waals surface area contributed by atoms with Crippen LogP contribution in [-0.4, -0.2) is 54.0 Å². The molecule has 3 atom stereocenters.